The second-order valence-electron chi connectivity index (χ2n) is 8.85. The van der Waals surface area contributed by atoms with E-state index in [-0.39, 0.29) is 22.2 Å². The third-order valence-electron chi connectivity index (χ3n) is 6.16. The molecule has 0 radical (unpaired) electrons. The predicted molar refractivity (Wildman–Crippen MR) is 150 cm³/mol. The molecule has 10 heteroatoms. The highest BCUT2D eigenvalue weighted by atomic mass is 35.5. The molecule has 192 valence electrons. The van der Waals surface area contributed by atoms with Crippen molar-refractivity contribution in [2.75, 3.05) is 4.90 Å². The maximum atomic E-state index is 13.4. The summed E-state index contributed by atoms with van der Waals surface area (Å²) in [7, 11) is 0. The van der Waals surface area contributed by atoms with Crippen LogP contribution >= 0.6 is 34.7 Å². The molecule has 4 aromatic rings. The number of phenolic OH excluding ortho intramolecular Hbond substituents is 1. The monoisotopic (exact) mass is 563 g/mol. The fourth-order valence-electron chi connectivity index (χ4n) is 4.26. The third kappa shape index (κ3) is 5.05. The Labute approximate surface area is 232 Å². The van der Waals surface area contributed by atoms with Crippen LogP contribution in [-0.4, -0.2) is 32.1 Å². The summed E-state index contributed by atoms with van der Waals surface area (Å²) in [5, 5.41) is 30.9. The molecule has 1 atom stereocenters. The Morgan fingerprint density at radius 1 is 1.05 bits per heavy atom. The van der Waals surface area contributed by atoms with Gasteiger partial charge in [0.05, 0.1) is 11.6 Å². The number of hydrogen-bond acceptors (Lipinski definition) is 8. The molecule has 0 bridgehead atoms. The molecule has 0 spiro atoms. The molecule has 7 nitrogen and oxygen atoms in total. The van der Waals surface area contributed by atoms with Crippen LogP contribution in [0.1, 0.15) is 33.9 Å². The van der Waals surface area contributed by atoms with E-state index in [1.54, 1.807) is 18.2 Å². The Morgan fingerprint density at radius 2 is 1.82 bits per heavy atom. The van der Waals surface area contributed by atoms with Crippen LogP contribution in [0.4, 0.5) is 5.13 Å². The highest BCUT2D eigenvalue weighted by molar-refractivity contribution is 8.00. The van der Waals surface area contributed by atoms with Crippen molar-refractivity contribution in [3.63, 3.8) is 0 Å². The molecule has 1 aromatic heterocycles. The van der Waals surface area contributed by atoms with Crippen LogP contribution in [0.15, 0.2) is 76.6 Å². The Morgan fingerprint density at radius 3 is 2.55 bits per heavy atom. The number of Topliss-reactive ketones (excluding diaryl/α,β-unsaturated/α-hetero) is 1. The fourth-order valence-corrected chi connectivity index (χ4v) is 6.21. The average Bonchev–Trinajstić information content (AvgIpc) is 3.47. The second-order valence-corrected chi connectivity index (χ2v) is 11.5. The largest absolute Gasteiger partial charge is 0.508 e. The van der Waals surface area contributed by atoms with E-state index in [1.807, 2.05) is 50.2 Å². The number of aliphatic hydroxyl groups excluding tert-OH is 1. The van der Waals surface area contributed by atoms with Crippen LogP contribution in [-0.2, 0) is 15.3 Å². The zero-order valence-corrected chi connectivity index (χ0v) is 22.8. The summed E-state index contributed by atoms with van der Waals surface area (Å²) in [6, 6.07) is 18.3. The molecule has 1 aliphatic rings. The van der Waals surface area contributed by atoms with Gasteiger partial charge in [-0.25, -0.2) is 0 Å². The maximum absolute atomic E-state index is 13.4. The molecule has 2 N–H and O–H groups in total. The first-order valence-corrected chi connectivity index (χ1v) is 13.8. The number of carbonyl (C=O) groups excluding carboxylic acids is 2. The van der Waals surface area contributed by atoms with Crippen molar-refractivity contribution in [1.29, 1.82) is 0 Å². The number of anilines is 1. The molecule has 38 heavy (non-hydrogen) atoms. The van der Waals surface area contributed by atoms with Gasteiger partial charge in [-0.15, -0.1) is 10.2 Å². The molecule has 2 heterocycles. The van der Waals surface area contributed by atoms with E-state index >= 15 is 0 Å². The van der Waals surface area contributed by atoms with Crippen molar-refractivity contribution >= 4 is 57.3 Å². The summed E-state index contributed by atoms with van der Waals surface area (Å²) < 4.78 is 0.612. The van der Waals surface area contributed by atoms with Crippen LogP contribution in [0.2, 0.25) is 5.02 Å². The number of hydrogen-bond donors (Lipinski definition) is 2. The van der Waals surface area contributed by atoms with Crippen LogP contribution < -0.4 is 4.90 Å². The van der Waals surface area contributed by atoms with Crippen molar-refractivity contribution in [3.05, 3.63) is 105 Å². The molecule has 3 aromatic carbocycles. The number of ketones is 1. The molecule has 1 saturated heterocycles. The van der Waals surface area contributed by atoms with E-state index in [0.29, 0.717) is 26.2 Å². The summed E-state index contributed by atoms with van der Waals surface area (Å²) in [5.74, 6) is -1.34. The molecule has 1 amide bonds. The van der Waals surface area contributed by atoms with Crippen molar-refractivity contribution in [2.45, 2.75) is 30.0 Å². The quantitative estimate of drug-likeness (QED) is 0.0915. The van der Waals surface area contributed by atoms with Crippen LogP contribution in [0.3, 0.4) is 0 Å². The van der Waals surface area contributed by atoms with Crippen molar-refractivity contribution < 1.29 is 19.8 Å². The summed E-state index contributed by atoms with van der Waals surface area (Å²) in [4.78, 5) is 28.0. The number of phenols is 1. The number of aromatic nitrogens is 2. The Kier molecular flexibility index (Phi) is 7.25. The van der Waals surface area contributed by atoms with Crippen molar-refractivity contribution in [1.82, 2.24) is 10.2 Å². The minimum atomic E-state index is -0.996. The van der Waals surface area contributed by atoms with E-state index in [0.717, 1.165) is 16.7 Å². The van der Waals surface area contributed by atoms with E-state index < -0.39 is 17.7 Å². The van der Waals surface area contributed by atoms with Crippen LogP contribution in [0.5, 0.6) is 5.75 Å². The molecule has 1 unspecified atom stereocenters. The van der Waals surface area contributed by atoms with Gasteiger partial charge in [0.1, 0.15) is 11.5 Å². The number of carbonyl (C=O) groups is 2. The zero-order valence-electron chi connectivity index (χ0n) is 20.4. The smallest absolute Gasteiger partial charge is 0.301 e. The van der Waals surface area contributed by atoms with E-state index in [1.165, 1.54) is 40.1 Å². The van der Waals surface area contributed by atoms with Crippen LogP contribution in [0.25, 0.3) is 5.76 Å². The fraction of sp³-hybridized carbons (Fsp3) is 0.143. The van der Waals surface area contributed by atoms with Crippen molar-refractivity contribution in [3.8, 4) is 5.75 Å². The topological polar surface area (TPSA) is 104 Å². The standard InChI is InChI=1S/C28H22ClN3O4S2/c1-15-6-7-16(2)21(12-15)24(34)22-23(18-4-3-5-20(33)13-18)32(26(36)25(22)35)27-30-31-28(38-27)37-14-17-8-10-19(29)11-9-17/h3-13,23,33-34H,14H2,1-2H3. The van der Waals surface area contributed by atoms with Gasteiger partial charge in [-0.3, -0.25) is 14.5 Å². The van der Waals surface area contributed by atoms with E-state index in [2.05, 4.69) is 10.2 Å². The lowest BCUT2D eigenvalue weighted by Gasteiger charge is -2.23. The third-order valence-corrected chi connectivity index (χ3v) is 8.54. The number of benzene rings is 3. The Bertz CT molecular complexity index is 1580. The maximum Gasteiger partial charge on any atom is 0.301 e. The van der Waals surface area contributed by atoms with Gasteiger partial charge in [0.25, 0.3) is 5.78 Å². The number of aliphatic hydroxyl groups is 1. The van der Waals surface area contributed by atoms with Crippen molar-refractivity contribution in [2.24, 2.45) is 0 Å². The zero-order chi connectivity index (χ0) is 27.0. The highest BCUT2D eigenvalue weighted by Gasteiger charge is 2.48. The SMILES string of the molecule is Cc1ccc(C)c(C(O)=C2C(=O)C(=O)N(c3nnc(SCc4ccc(Cl)cc4)s3)C2c2cccc(O)c2)c1. The molecule has 5 rings (SSSR count). The molecule has 0 aliphatic carbocycles. The minimum absolute atomic E-state index is 0.0312. The van der Waals surface area contributed by atoms with Gasteiger partial charge in [-0.1, -0.05) is 76.7 Å². The summed E-state index contributed by atoms with van der Waals surface area (Å²) in [5.41, 5.74) is 3.55. The number of thioether (sulfide) groups is 1. The average molecular weight is 564 g/mol. The lowest BCUT2D eigenvalue weighted by atomic mass is 9.93. The molecule has 1 fully saturated rings. The second kappa shape index (κ2) is 10.6. The number of rotatable bonds is 6. The molecule has 0 saturated carbocycles. The van der Waals surface area contributed by atoms with Gasteiger partial charge in [-0.2, -0.15) is 0 Å². The first-order chi connectivity index (χ1) is 18.2. The number of amides is 1. The van der Waals surface area contributed by atoms with Gasteiger partial charge in [-0.05, 0) is 60.9 Å². The number of aromatic hydroxyl groups is 1. The normalized spacial score (nSPS) is 16.8. The first kappa shape index (κ1) is 26.0. The molecular formula is C28H22ClN3O4S2. The predicted octanol–water partition coefficient (Wildman–Crippen LogP) is 6.43. The molecule has 1 aliphatic heterocycles. The Hall–Kier alpha value is -3.66. The van der Waals surface area contributed by atoms with Gasteiger partial charge in [0, 0.05) is 16.3 Å². The Balaban J connectivity index is 1.56. The van der Waals surface area contributed by atoms with Crippen LogP contribution in [0, 0.1) is 13.8 Å². The lowest BCUT2D eigenvalue weighted by molar-refractivity contribution is -0.132. The summed E-state index contributed by atoms with van der Waals surface area (Å²) in [6.07, 6.45) is 0. The van der Waals surface area contributed by atoms with Gasteiger partial charge < -0.3 is 10.2 Å². The first-order valence-electron chi connectivity index (χ1n) is 11.6. The number of nitrogens with zero attached hydrogens (tertiary/aromatic N) is 3. The summed E-state index contributed by atoms with van der Waals surface area (Å²) in [6.45, 7) is 3.70. The summed E-state index contributed by atoms with van der Waals surface area (Å²) >= 11 is 8.59. The number of halogens is 1. The van der Waals surface area contributed by atoms with Gasteiger partial charge >= 0.3 is 5.91 Å². The van der Waals surface area contributed by atoms with Gasteiger partial charge in [0.15, 0.2) is 4.34 Å². The van der Waals surface area contributed by atoms with Gasteiger partial charge in [0.2, 0.25) is 5.13 Å². The minimum Gasteiger partial charge on any atom is -0.508 e. The highest BCUT2D eigenvalue weighted by Crippen LogP contribution is 2.44. The lowest BCUT2D eigenvalue weighted by Crippen LogP contribution is -2.29. The van der Waals surface area contributed by atoms with E-state index in [4.69, 9.17) is 11.6 Å². The number of aryl methyl sites for hydroxylation is 2. The molecular weight excluding hydrogens is 542 g/mol. The van der Waals surface area contributed by atoms with E-state index in [9.17, 15) is 19.8 Å².